The van der Waals surface area contributed by atoms with Crippen LogP contribution in [0.5, 0.6) is 0 Å². The van der Waals surface area contributed by atoms with Crippen molar-refractivity contribution in [3.8, 4) is 0 Å². The van der Waals surface area contributed by atoms with E-state index in [2.05, 4.69) is 37.1 Å². The maximum absolute atomic E-state index is 11.2. The van der Waals surface area contributed by atoms with Crippen molar-refractivity contribution in [1.29, 1.82) is 0 Å². The normalized spacial score (nSPS) is 9.38. The number of halogens is 1. The van der Waals surface area contributed by atoms with Gasteiger partial charge in [0.15, 0.2) is 0 Å². The molecule has 0 spiro atoms. The van der Waals surface area contributed by atoms with Gasteiger partial charge in [0, 0.05) is 14.1 Å². The van der Waals surface area contributed by atoms with Gasteiger partial charge in [-0.25, -0.2) is 19.9 Å². The summed E-state index contributed by atoms with van der Waals surface area (Å²) in [5, 5.41) is 5.15. The first-order valence-electron chi connectivity index (χ1n) is 7.48. The topological polar surface area (TPSA) is 119 Å². The largest absolute Gasteiger partial charge is 0.492 e. The third kappa shape index (κ3) is 6.44. The van der Waals surface area contributed by atoms with E-state index in [9.17, 15) is 9.59 Å². The van der Waals surface area contributed by atoms with Gasteiger partial charge in [-0.2, -0.15) is 0 Å². The lowest BCUT2D eigenvalue weighted by molar-refractivity contribution is 0.0949. The zero-order valence-corrected chi connectivity index (χ0v) is 15.4. The Kier molecular flexibility index (Phi) is 8.65. The van der Waals surface area contributed by atoms with Crippen LogP contribution in [-0.4, -0.2) is 52.5 Å². The Balaban J connectivity index is 0.000000273. The van der Waals surface area contributed by atoms with Crippen LogP contribution in [0.15, 0.2) is 31.4 Å². The second-order valence-corrected chi connectivity index (χ2v) is 4.91. The Morgan fingerprint density at radius 2 is 1.42 bits per heavy atom. The molecule has 0 aliphatic rings. The van der Waals surface area contributed by atoms with E-state index in [0.29, 0.717) is 18.1 Å². The molecule has 2 aromatic rings. The molecular formula is C16H19ClN6O3. The van der Waals surface area contributed by atoms with Crippen molar-refractivity contribution in [2.45, 2.75) is 6.92 Å². The van der Waals surface area contributed by atoms with E-state index < -0.39 is 0 Å². The number of hydrogen-bond acceptors (Lipinski definition) is 7. The zero-order valence-electron chi connectivity index (χ0n) is 14.6. The number of hydrogen-bond donors (Lipinski definition) is 2. The Labute approximate surface area is 155 Å². The van der Waals surface area contributed by atoms with Crippen molar-refractivity contribution >= 4 is 29.2 Å². The molecule has 2 heterocycles. The third-order valence-electron chi connectivity index (χ3n) is 2.80. The number of carbonyl (C=O) groups excluding carboxylic acids is 2. The lowest BCUT2D eigenvalue weighted by Crippen LogP contribution is -2.19. The predicted molar refractivity (Wildman–Crippen MR) is 96.5 cm³/mol. The number of aromatic nitrogens is 4. The van der Waals surface area contributed by atoms with Gasteiger partial charge in [0.25, 0.3) is 11.8 Å². The molecule has 0 aromatic carbocycles. The number of rotatable bonds is 5. The number of ether oxygens (including phenoxy) is 1. The third-order valence-corrected chi connectivity index (χ3v) is 2.99. The van der Waals surface area contributed by atoms with E-state index in [4.69, 9.17) is 16.3 Å². The fraction of sp³-hybridized carbons (Fsp3) is 0.250. The molecule has 2 aromatic heterocycles. The van der Waals surface area contributed by atoms with E-state index in [1.165, 1.54) is 38.9 Å². The highest BCUT2D eigenvalue weighted by Gasteiger charge is 2.07. The summed E-state index contributed by atoms with van der Waals surface area (Å²) in [4.78, 5) is 37.4. The molecule has 0 bridgehead atoms. The molecule has 9 nitrogen and oxygen atoms in total. The van der Waals surface area contributed by atoms with Crippen LogP contribution in [0, 0.1) is 0 Å². The smallest absolute Gasteiger partial charge is 0.271 e. The van der Waals surface area contributed by atoms with Crippen LogP contribution < -0.4 is 10.6 Å². The molecule has 2 rings (SSSR count). The highest BCUT2D eigenvalue weighted by atomic mass is 35.5. The van der Waals surface area contributed by atoms with Gasteiger partial charge in [0.1, 0.15) is 28.0 Å². The number of amides is 2. The molecule has 2 amide bonds. The summed E-state index contributed by atoms with van der Waals surface area (Å²) in [7, 11) is 3.07. The quantitative estimate of drug-likeness (QED) is 0.753. The second-order valence-electron chi connectivity index (χ2n) is 4.53. The Bertz CT molecular complexity index is 750. The minimum atomic E-state index is -0.269. The molecule has 0 aliphatic carbocycles. The second kappa shape index (κ2) is 10.7. The fourth-order valence-electron chi connectivity index (χ4n) is 1.52. The van der Waals surface area contributed by atoms with Crippen molar-refractivity contribution < 1.29 is 14.3 Å². The van der Waals surface area contributed by atoms with E-state index in [-0.39, 0.29) is 28.4 Å². The van der Waals surface area contributed by atoms with Crippen molar-refractivity contribution in [2.75, 3.05) is 20.7 Å². The van der Waals surface area contributed by atoms with Crippen LogP contribution in [0.3, 0.4) is 0 Å². The summed E-state index contributed by atoms with van der Waals surface area (Å²) < 4.78 is 5.16. The Morgan fingerprint density at radius 3 is 1.81 bits per heavy atom. The summed E-state index contributed by atoms with van der Waals surface area (Å²) in [6.45, 7) is 6.07. The van der Waals surface area contributed by atoms with E-state index in [1.54, 1.807) is 0 Å². The summed E-state index contributed by atoms with van der Waals surface area (Å²) >= 11 is 5.45. The van der Waals surface area contributed by atoms with Crippen LogP contribution in [0.4, 0.5) is 0 Å². The summed E-state index contributed by atoms with van der Waals surface area (Å²) in [5.74, 6) is -0.0845. The molecule has 0 unspecified atom stereocenters. The maximum atomic E-state index is 11.2. The Morgan fingerprint density at radius 1 is 0.962 bits per heavy atom. The highest BCUT2D eigenvalue weighted by Crippen LogP contribution is 2.09. The van der Waals surface area contributed by atoms with Gasteiger partial charge in [-0.3, -0.25) is 9.59 Å². The molecule has 138 valence electrons. The molecule has 0 saturated heterocycles. The van der Waals surface area contributed by atoms with Crippen molar-refractivity contribution in [2.24, 2.45) is 0 Å². The highest BCUT2D eigenvalue weighted by molar-refractivity contribution is 6.29. The first-order chi connectivity index (χ1) is 12.4. The number of nitrogens with one attached hydrogen (secondary N) is 2. The monoisotopic (exact) mass is 378 g/mol. The number of carbonyl (C=O) groups is 2. The minimum Gasteiger partial charge on any atom is -0.492 e. The van der Waals surface area contributed by atoms with Gasteiger partial charge in [0.05, 0.1) is 31.4 Å². The molecule has 0 aliphatic heterocycles. The molecule has 26 heavy (non-hydrogen) atoms. The van der Waals surface area contributed by atoms with Gasteiger partial charge in [-0.1, -0.05) is 18.2 Å². The molecule has 10 heteroatoms. The summed E-state index contributed by atoms with van der Waals surface area (Å²) in [6, 6.07) is 0. The Hall–Kier alpha value is -3.07. The molecule has 0 fully saturated rings. The van der Waals surface area contributed by atoms with Gasteiger partial charge < -0.3 is 15.4 Å². The van der Waals surface area contributed by atoms with E-state index in [1.807, 2.05) is 6.92 Å². The van der Waals surface area contributed by atoms with Gasteiger partial charge >= 0.3 is 0 Å². The molecule has 2 N–H and O–H groups in total. The van der Waals surface area contributed by atoms with Crippen LogP contribution in [0.1, 0.15) is 33.6 Å². The van der Waals surface area contributed by atoms with Crippen LogP contribution in [-0.2, 0) is 4.74 Å². The average molecular weight is 379 g/mol. The molecule has 0 radical (unpaired) electrons. The summed E-state index contributed by atoms with van der Waals surface area (Å²) in [5.41, 5.74) is 1.06. The van der Waals surface area contributed by atoms with Gasteiger partial charge in [-0.15, -0.1) is 0 Å². The van der Waals surface area contributed by atoms with Crippen molar-refractivity contribution in [3.05, 3.63) is 53.6 Å². The minimum absolute atomic E-state index is 0.261. The summed E-state index contributed by atoms with van der Waals surface area (Å²) in [6.07, 6.45) is 5.49. The predicted octanol–water partition coefficient (Wildman–Crippen LogP) is 1.33. The number of nitrogens with zero attached hydrogens (tertiary/aromatic N) is 4. The van der Waals surface area contributed by atoms with Crippen molar-refractivity contribution in [1.82, 2.24) is 30.6 Å². The fourth-order valence-corrected chi connectivity index (χ4v) is 1.62. The molecular weight excluding hydrogens is 360 g/mol. The lowest BCUT2D eigenvalue weighted by atomic mass is 10.3. The van der Waals surface area contributed by atoms with Gasteiger partial charge in [-0.05, 0) is 6.92 Å². The van der Waals surface area contributed by atoms with Crippen LogP contribution in [0.25, 0.3) is 5.76 Å². The standard InChI is InChI=1S/C10H13N3O2.C6H6ClN3O/c1-4-15-7(2)8-5-13-9(6-12-8)10(14)11-3;1-8-6(11)4-2-10-5(7)3-9-4/h5-6H,2,4H2,1,3H3,(H,11,14);2-3H,1H3,(H,8,11). The van der Waals surface area contributed by atoms with Crippen molar-refractivity contribution in [3.63, 3.8) is 0 Å². The SMILES string of the molecule is C=C(OCC)c1cnc(C(=O)NC)cn1.CNC(=O)c1cnc(Cl)cn1. The molecule has 0 saturated carbocycles. The van der Waals surface area contributed by atoms with E-state index >= 15 is 0 Å². The average Bonchev–Trinajstić information content (AvgIpc) is 2.68. The molecule has 0 atom stereocenters. The van der Waals surface area contributed by atoms with Crippen LogP contribution in [0.2, 0.25) is 5.15 Å². The first kappa shape index (κ1) is 21.0. The van der Waals surface area contributed by atoms with Gasteiger partial charge in [0.2, 0.25) is 0 Å². The van der Waals surface area contributed by atoms with Crippen LogP contribution >= 0.6 is 11.6 Å². The van der Waals surface area contributed by atoms with E-state index in [0.717, 1.165) is 0 Å². The maximum Gasteiger partial charge on any atom is 0.271 e. The zero-order chi connectivity index (χ0) is 19.5. The lowest BCUT2D eigenvalue weighted by Gasteiger charge is -2.05. The first-order valence-corrected chi connectivity index (χ1v) is 7.86.